The van der Waals surface area contributed by atoms with E-state index in [9.17, 15) is 10.4 Å². The molecule has 0 saturated heterocycles. The Bertz CT molecular complexity index is 524. The molecule has 2 nitrogen and oxygen atoms in total. The Balaban J connectivity index is 1.68. The van der Waals surface area contributed by atoms with E-state index in [-0.39, 0.29) is 17.4 Å². The van der Waals surface area contributed by atoms with Crippen LogP contribution in [0.15, 0.2) is 0 Å². The van der Waals surface area contributed by atoms with Gasteiger partial charge in [-0.2, -0.15) is 5.26 Å². The first kappa shape index (κ1) is 15.9. The van der Waals surface area contributed by atoms with E-state index in [0.717, 1.165) is 24.7 Å². The Morgan fingerprint density at radius 2 is 1.83 bits per heavy atom. The second-order valence-corrected chi connectivity index (χ2v) is 9.99. The van der Waals surface area contributed by atoms with E-state index >= 15 is 0 Å². The molecule has 4 aliphatic rings. The first-order chi connectivity index (χ1) is 10.9. The molecule has 0 amide bonds. The highest BCUT2D eigenvalue weighted by Crippen LogP contribution is 2.67. The minimum atomic E-state index is -0.184. The number of hydrogen-bond donors (Lipinski definition) is 1. The van der Waals surface area contributed by atoms with E-state index in [1.807, 2.05) is 0 Å². The van der Waals surface area contributed by atoms with Crippen LogP contribution < -0.4 is 0 Å². The highest BCUT2D eigenvalue weighted by Gasteiger charge is 2.62. The summed E-state index contributed by atoms with van der Waals surface area (Å²) in [7, 11) is 0. The highest BCUT2D eigenvalue weighted by molar-refractivity contribution is 5.14. The van der Waals surface area contributed by atoms with Crippen LogP contribution in [-0.4, -0.2) is 11.2 Å². The largest absolute Gasteiger partial charge is 0.393 e. The molecule has 0 bridgehead atoms. The molecular formula is C21H33NO. The van der Waals surface area contributed by atoms with Crippen LogP contribution in [-0.2, 0) is 0 Å². The fraction of sp³-hybridized carbons (Fsp3) is 0.952. The van der Waals surface area contributed by atoms with E-state index in [2.05, 4.69) is 26.8 Å². The molecule has 0 aromatic rings. The number of hydrogen-bond acceptors (Lipinski definition) is 2. The van der Waals surface area contributed by atoms with Gasteiger partial charge in [0.1, 0.15) is 0 Å². The maximum absolute atomic E-state index is 11.2. The first-order valence-corrected chi connectivity index (χ1v) is 9.98. The minimum Gasteiger partial charge on any atom is -0.393 e. The molecule has 9 atom stereocenters. The maximum atomic E-state index is 11.2. The van der Waals surface area contributed by atoms with Crippen LogP contribution in [0.5, 0.6) is 0 Å². The minimum absolute atomic E-state index is 0.0699. The van der Waals surface area contributed by atoms with Gasteiger partial charge < -0.3 is 5.11 Å². The number of aliphatic hydroxyl groups is 1. The summed E-state index contributed by atoms with van der Waals surface area (Å²) in [5.74, 6) is 3.68. The maximum Gasteiger partial charge on any atom is 0.0661 e. The molecule has 0 aliphatic heterocycles. The highest BCUT2D eigenvalue weighted by atomic mass is 16.3. The average molecular weight is 316 g/mol. The van der Waals surface area contributed by atoms with Crippen molar-refractivity contribution in [3.8, 4) is 6.07 Å². The average Bonchev–Trinajstić information content (AvgIpc) is 2.83. The topological polar surface area (TPSA) is 44.0 Å². The van der Waals surface area contributed by atoms with Crippen LogP contribution in [0, 0.1) is 57.7 Å². The fourth-order valence-electron chi connectivity index (χ4n) is 7.81. The van der Waals surface area contributed by atoms with Gasteiger partial charge in [-0.05, 0) is 85.4 Å². The summed E-state index contributed by atoms with van der Waals surface area (Å²) < 4.78 is 0. The summed E-state index contributed by atoms with van der Waals surface area (Å²) in [6, 6.07) is 2.58. The zero-order chi connectivity index (χ0) is 16.4. The number of fused-ring (bicyclic) bond motifs is 5. The van der Waals surface area contributed by atoms with E-state index < -0.39 is 0 Å². The van der Waals surface area contributed by atoms with Crippen LogP contribution in [0.4, 0.5) is 0 Å². The third-order valence-electron chi connectivity index (χ3n) is 9.01. The Morgan fingerprint density at radius 1 is 1.04 bits per heavy atom. The van der Waals surface area contributed by atoms with Gasteiger partial charge in [-0.3, -0.25) is 0 Å². The van der Waals surface area contributed by atoms with Gasteiger partial charge in [-0.15, -0.1) is 0 Å². The van der Waals surface area contributed by atoms with Crippen molar-refractivity contribution in [3.05, 3.63) is 0 Å². The van der Waals surface area contributed by atoms with Gasteiger partial charge in [0, 0.05) is 0 Å². The van der Waals surface area contributed by atoms with Gasteiger partial charge >= 0.3 is 0 Å². The number of nitriles is 1. The van der Waals surface area contributed by atoms with Gasteiger partial charge in [0.05, 0.1) is 18.1 Å². The third-order valence-corrected chi connectivity index (χ3v) is 9.01. The van der Waals surface area contributed by atoms with Crippen molar-refractivity contribution in [3.63, 3.8) is 0 Å². The van der Waals surface area contributed by atoms with Crippen LogP contribution in [0.25, 0.3) is 0 Å². The van der Waals surface area contributed by atoms with Gasteiger partial charge in [0.25, 0.3) is 0 Å². The predicted molar refractivity (Wildman–Crippen MR) is 91.4 cm³/mol. The molecule has 0 radical (unpaired) electrons. The Hall–Kier alpha value is -0.550. The van der Waals surface area contributed by atoms with E-state index in [0.29, 0.717) is 23.2 Å². The summed E-state index contributed by atoms with van der Waals surface area (Å²) in [4.78, 5) is 0. The van der Waals surface area contributed by atoms with Crippen LogP contribution in [0.1, 0.15) is 72.1 Å². The second kappa shape index (κ2) is 5.22. The molecule has 4 saturated carbocycles. The molecule has 1 N–H and O–H groups in total. The number of nitrogens with zero attached hydrogens (tertiary/aromatic N) is 1. The molecular weight excluding hydrogens is 282 g/mol. The molecule has 2 heteroatoms. The monoisotopic (exact) mass is 315 g/mol. The molecule has 0 aromatic heterocycles. The van der Waals surface area contributed by atoms with E-state index in [1.165, 1.54) is 38.5 Å². The normalized spacial score (nSPS) is 58.7. The Labute approximate surface area is 141 Å². The van der Waals surface area contributed by atoms with E-state index in [1.54, 1.807) is 0 Å². The second-order valence-electron chi connectivity index (χ2n) is 9.99. The zero-order valence-electron chi connectivity index (χ0n) is 15.1. The number of rotatable bonds is 0. The Morgan fingerprint density at radius 3 is 2.57 bits per heavy atom. The predicted octanol–water partition coefficient (Wildman–Crippen LogP) is 4.78. The lowest BCUT2D eigenvalue weighted by molar-refractivity contribution is -0.169. The van der Waals surface area contributed by atoms with Gasteiger partial charge in [0.15, 0.2) is 0 Å². The third kappa shape index (κ3) is 2.08. The van der Waals surface area contributed by atoms with Gasteiger partial charge in [-0.1, -0.05) is 27.2 Å². The van der Waals surface area contributed by atoms with E-state index in [4.69, 9.17) is 0 Å². The fourth-order valence-corrected chi connectivity index (χ4v) is 7.81. The summed E-state index contributed by atoms with van der Waals surface area (Å²) in [5, 5.41) is 20.8. The molecule has 0 unspecified atom stereocenters. The molecule has 4 aliphatic carbocycles. The number of aliphatic hydroxyl groups excluding tert-OH is 1. The quantitative estimate of drug-likeness (QED) is 0.699. The summed E-state index contributed by atoms with van der Waals surface area (Å²) in [5.41, 5.74) is 0.418. The standard InChI is InChI=1S/C21H33NO/c1-13-8-9-20(2)14(10-13)4-6-16-17-7-5-15(12-22)21(17,3)11-18(23)19(16)20/h13-19,23H,4-11H2,1-3H3/t13-,14-,15-,16+,17+,18+,19-,20+,21-/m1/s1. The van der Waals surface area contributed by atoms with Crippen molar-refractivity contribution < 1.29 is 5.11 Å². The molecule has 0 spiro atoms. The smallest absolute Gasteiger partial charge is 0.0661 e. The molecule has 4 rings (SSSR count). The lowest BCUT2D eigenvalue weighted by Crippen LogP contribution is -2.58. The van der Waals surface area contributed by atoms with Crippen LogP contribution in [0.3, 0.4) is 0 Å². The summed E-state index contributed by atoms with van der Waals surface area (Å²) in [6.07, 6.45) is 9.64. The molecule has 23 heavy (non-hydrogen) atoms. The summed E-state index contributed by atoms with van der Waals surface area (Å²) in [6.45, 7) is 7.23. The first-order valence-electron chi connectivity index (χ1n) is 9.98. The lowest BCUT2D eigenvalue weighted by atomic mass is 9.43. The lowest BCUT2D eigenvalue weighted by Gasteiger charge is -2.62. The van der Waals surface area contributed by atoms with Crippen molar-refractivity contribution in [2.45, 2.75) is 78.2 Å². The van der Waals surface area contributed by atoms with Crippen molar-refractivity contribution in [2.24, 2.45) is 46.3 Å². The molecule has 0 aromatic carbocycles. The van der Waals surface area contributed by atoms with Crippen molar-refractivity contribution >= 4 is 0 Å². The molecule has 0 heterocycles. The van der Waals surface area contributed by atoms with Crippen molar-refractivity contribution in [2.75, 3.05) is 0 Å². The van der Waals surface area contributed by atoms with Crippen LogP contribution in [0.2, 0.25) is 0 Å². The van der Waals surface area contributed by atoms with Gasteiger partial charge in [-0.25, -0.2) is 0 Å². The van der Waals surface area contributed by atoms with Crippen molar-refractivity contribution in [1.29, 1.82) is 5.26 Å². The Kier molecular flexibility index (Phi) is 3.62. The SMILES string of the molecule is C[C@@H]1CC[C@@]2(C)[C@H](CC[C@@H]3[C@@H]2[C@@H](O)C[C@]2(C)[C@@H](C#N)CC[C@@H]32)C1. The van der Waals surface area contributed by atoms with Crippen LogP contribution >= 0.6 is 0 Å². The van der Waals surface area contributed by atoms with Crippen molar-refractivity contribution in [1.82, 2.24) is 0 Å². The molecule has 128 valence electrons. The van der Waals surface area contributed by atoms with Gasteiger partial charge in [0.2, 0.25) is 0 Å². The summed E-state index contributed by atoms with van der Waals surface area (Å²) >= 11 is 0. The molecule has 4 fully saturated rings. The zero-order valence-corrected chi connectivity index (χ0v) is 15.1.